The summed E-state index contributed by atoms with van der Waals surface area (Å²) in [5.74, 6) is 0. The fourth-order valence-corrected chi connectivity index (χ4v) is 2.16. The summed E-state index contributed by atoms with van der Waals surface area (Å²) in [7, 11) is 0. The number of nitrogens with zero attached hydrogens (tertiary/aromatic N) is 2. The molecular weight excluding hydrogens is 260 g/mol. The number of rotatable bonds is 5. The second kappa shape index (κ2) is 6.33. The molecule has 0 fully saturated rings. The second-order valence-electron chi connectivity index (χ2n) is 5.10. The van der Waals surface area contributed by atoms with Crippen molar-refractivity contribution in [3.8, 4) is 11.3 Å². The molecule has 0 saturated carbocycles. The summed E-state index contributed by atoms with van der Waals surface area (Å²) in [5, 5.41) is 10.3. The number of pyridine rings is 1. The summed E-state index contributed by atoms with van der Waals surface area (Å²) in [6, 6.07) is 14.6. The van der Waals surface area contributed by atoms with Gasteiger partial charge in [-0.15, -0.1) is 0 Å². The highest BCUT2D eigenvalue weighted by molar-refractivity contribution is 5.58. The van der Waals surface area contributed by atoms with Gasteiger partial charge in [-0.1, -0.05) is 30.3 Å². The molecule has 2 N–H and O–H groups in total. The summed E-state index contributed by atoms with van der Waals surface area (Å²) in [4.78, 5) is 4.38. The number of hydrogen-bond acceptors (Lipinski definition) is 3. The summed E-state index contributed by atoms with van der Waals surface area (Å²) in [6.45, 7) is 3.66. The van der Waals surface area contributed by atoms with Crippen LogP contribution in [0.2, 0.25) is 0 Å². The van der Waals surface area contributed by atoms with Crippen molar-refractivity contribution in [2.75, 3.05) is 0 Å². The maximum atomic E-state index is 4.38. The number of H-pyrrole nitrogens is 1. The van der Waals surface area contributed by atoms with Gasteiger partial charge in [-0.3, -0.25) is 10.1 Å². The molecule has 106 valence electrons. The first kappa shape index (κ1) is 13.5. The number of aromatic amines is 1. The lowest BCUT2D eigenvalue weighted by atomic mass is 10.1. The molecule has 0 bridgehead atoms. The quantitative estimate of drug-likeness (QED) is 0.754. The van der Waals surface area contributed by atoms with Gasteiger partial charge < -0.3 is 5.32 Å². The molecule has 2 heterocycles. The molecule has 0 amide bonds. The molecule has 0 aliphatic rings. The summed E-state index contributed by atoms with van der Waals surface area (Å²) < 4.78 is 0. The Morgan fingerprint density at radius 1 is 1.00 bits per heavy atom. The number of aryl methyl sites for hydroxylation is 1. The molecule has 0 spiro atoms. The van der Waals surface area contributed by atoms with E-state index in [9.17, 15) is 0 Å². The molecule has 0 atom stereocenters. The lowest BCUT2D eigenvalue weighted by Crippen LogP contribution is -2.13. The van der Waals surface area contributed by atoms with E-state index in [1.165, 1.54) is 11.1 Å². The molecule has 4 heteroatoms. The SMILES string of the molecule is Cc1ccc(CNCc2ccc(-c3ccn[nH]3)cc2)nc1. The van der Waals surface area contributed by atoms with Crippen LogP contribution >= 0.6 is 0 Å². The molecule has 3 aromatic rings. The highest BCUT2D eigenvalue weighted by Gasteiger charge is 1.99. The molecule has 1 aromatic carbocycles. The monoisotopic (exact) mass is 278 g/mol. The van der Waals surface area contributed by atoms with Gasteiger partial charge in [0.15, 0.2) is 0 Å². The van der Waals surface area contributed by atoms with Crippen LogP contribution in [0.25, 0.3) is 11.3 Å². The van der Waals surface area contributed by atoms with Gasteiger partial charge in [0.25, 0.3) is 0 Å². The molecule has 0 saturated heterocycles. The highest BCUT2D eigenvalue weighted by atomic mass is 15.1. The van der Waals surface area contributed by atoms with Gasteiger partial charge in [0, 0.05) is 25.5 Å². The Bertz CT molecular complexity index is 670. The van der Waals surface area contributed by atoms with E-state index in [-0.39, 0.29) is 0 Å². The van der Waals surface area contributed by atoms with Gasteiger partial charge in [-0.25, -0.2) is 0 Å². The summed E-state index contributed by atoms with van der Waals surface area (Å²) in [5.41, 5.74) is 5.70. The van der Waals surface area contributed by atoms with E-state index in [2.05, 4.69) is 56.9 Å². The van der Waals surface area contributed by atoms with Crippen LogP contribution in [0.15, 0.2) is 54.9 Å². The number of nitrogens with one attached hydrogen (secondary N) is 2. The minimum Gasteiger partial charge on any atom is -0.307 e. The number of aromatic nitrogens is 3. The Labute approximate surface area is 124 Å². The third kappa shape index (κ3) is 3.55. The Hall–Kier alpha value is -2.46. The normalized spacial score (nSPS) is 10.7. The van der Waals surface area contributed by atoms with Crippen molar-refractivity contribution < 1.29 is 0 Å². The van der Waals surface area contributed by atoms with Crippen LogP contribution in [-0.4, -0.2) is 15.2 Å². The summed E-state index contributed by atoms with van der Waals surface area (Å²) >= 11 is 0. The van der Waals surface area contributed by atoms with Gasteiger partial charge in [0.1, 0.15) is 0 Å². The second-order valence-corrected chi connectivity index (χ2v) is 5.10. The van der Waals surface area contributed by atoms with E-state index in [0.717, 1.165) is 30.0 Å². The zero-order chi connectivity index (χ0) is 14.5. The molecule has 0 aliphatic heterocycles. The zero-order valence-electron chi connectivity index (χ0n) is 12.0. The molecule has 21 heavy (non-hydrogen) atoms. The zero-order valence-corrected chi connectivity index (χ0v) is 12.0. The van der Waals surface area contributed by atoms with Crippen LogP contribution in [0.4, 0.5) is 0 Å². The van der Waals surface area contributed by atoms with Crippen molar-refractivity contribution in [3.63, 3.8) is 0 Å². The molecule has 0 aliphatic carbocycles. The smallest absolute Gasteiger partial charge is 0.0650 e. The van der Waals surface area contributed by atoms with Crippen LogP contribution in [-0.2, 0) is 13.1 Å². The molecule has 2 aromatic heterocycles. The lowest BCUT2D eigenvalue weighted by Gasteiger charge is -2.06. The van der Waals surface area contributed by atoms with Gasteiger partial charge in [-0.2, -0.15) is 5.10 Å². The molecule has 4 nitrogen and oxygen atoms in total. The predicted octanol–water partition coefficient (Wildman–Crippen LogP) is 3.07. The van der Waals surface area contributed by atoms with E-state index in [4.69, 9.17) is 0 Å². The van der Waals surface area contributed by atoms with E-state index in [1.54, 1.807) is 6.20 Å². The molecule has 0 radical (unpaired) electrons. The first-order valence-corrected chi connectivity index (χ1v) is 7.02. The van der Waals surface area contributed by atoms with Crippen molar-refractivity contribution in [2.45, 2.75) is 20.0 Å². The van der Waals surface area contributed by atoms with Gasteiger partial charge in [-0.05, 0) is 35.7 Å². The third-order valence-electron chi connectivity index (χ3n) is 3.37. The largest absolute Gasteiger partial charge is 0.307 e. The number of hydrogen-bond donors (Lipinski definition) is 2. The average Bonchev–Trinajstić information content (AvgIpc) is 3.04. The van der Waals surface area contributed by atoms with Crippen molar-refractivity contribution >= 4 is 0 Å². The van der Waals surface area contributed by atoms with E-state index < -0.39 is 0 Å². The Morgan fingerprint density at radius 3 is 2.52 bits per heavy atom. The van der Waals surface area contributed by atoms with Crippen LogP contribution < -0.4 is 5.32 Å². The van der Waals surface area contributed by atoms with Crippen LogP contribution in [0.5, 0.6) is 0 Å². The van der Waals surface area contributed by atoms with E-state index in [0.29, 0.717) is 0 Å². The number of benzene rings is 1. The lowest BCUT2D eigenvalue weighted by molar-refractivity contribution is 0.679. The van der Waals surface area contributed by atoms with Gasteiger partial charge >= 0.3 is 0 Å². The maximum absolute atomic E-state index is 4.38. The van der Waals surface area contributed by atoms with Crippen molar-refractivity contribution in [1.29, 1.82) is 0 Å². The highest BCUT2D eigenvalue weighted by Crippen LogP contribution is 2.16. The van der Waals surface area contributed by atoms with Gasteiger partial charge in [0.05, 0.1) is 11.4 Å². The molecular formula is C17H18N4. The van der Waals surface area contributed by atoms with Crippen LogP contribution in [0.1, 0.15) is 16.8 Å². The minimum absolute atomic E-state index is 0.780. The first-order valence-electron chi connectivity index (χ1n) is 7.02. The first-order chi connectivity index (χ1) is 10.3. The van der Waals surface area contributed by atoms with Crippen LogP contribution in [0.3, 0.4) is 0 Å². The fourth-order valence-electron chi connectivity index (χ4n) is 2.16. The fraction of sp³-hybridized carbons (Fsp3) is 0.176. The van der Waals surface area contributed by atoms with Crippen molar-refractivity contribution in [3.05, 3.63) is 71.7 Å². The Balaban J connectivity index is 1.55. The topological polar surface area (TPSA) is 53.6 Å². The Kier molecular flexibility index (Phi) is 4.07. The maximum Gasteiger partial charge on any atom is 0.0650 e. The molecule has 3 rings (SSSR count). The third-order valence-corrected chi connectivity index (χ3v) is 3.37. The predicted molar refractivity (Wildman–Crippen MR) is 83.5 cm³/mol. The summed E-state index contributed by atoms with van der Waals surface area (Å²) in [6.07, 6.45) is 3.66. The molecule has 0 unspecified atom stereocenters. The van der Waals surface area contributed by atoms with Crippen LogP contribution in [0, 0.1) is 6.92 Å². The average molecular weight is 278 g/mol. The van der Waals surface area contributed by atoms with Crippen molar-refractivity contribution in [1.82, 2.24) is 20.5 Å². The minimum atomic E-state index is 0.780. The van der Waals surface area contributed by atoms with Gasteiger partial charge in [0.2, 0.25) is 0 Å². The van der Waals surface area contributed by atoms with E-state index >= 15 is 0 Å². The Morgan fingerprint density at radius 2 is 1.86 bits per heavy atom. The van der Waals surface area contributed by atoms with Crippen molar-refractivity contribution in [2.24, 2.45) is 0 Å². The standard InChI is InChI=1S/C17H18N4/c1-13-2-7-16(19-10-13)12-18-11-14-3-5-15(6-4-14)17-8-9-20-21-17/h2-10,18H,11-12H2,1H3,(H,20,21). The van der Waals surface area contributed by atoms with E-state index in [1.807, 2.05) is 19.2 Å².